The van der Waals surface area contributed by atoms with E-state index in [1.165, 1.54) is 44.9 Å². The molecule has 2 nitrogen and oxygen atoms in total. The van der Waals surface area contributed by atoms with Crippen molar-refractivity contribution in [1.82, 2.24) is 0 Å². The Morgan fingerprint density at radius 3 is 1.89 bits per heavy atom. The molecule has 2 heteroatoms. The highest BCUT2D eigenvalue weighted by molar-refractivity contribution is 5.90. The molecular formula is C16H30O2. The maximum atomic E-state index is 10.7. The van der Waals surface area contributed by atoms with Gasteiger partial charge in [0, 0.05) is 12.0 Å². The fourth-order valence-electron chi connectivity index (χ4n) is 1.96. The molecule has 0 amide bonds. The minimum absolute atomic E-state index is 0.0868. The molecule has 0 aromatic carbocycles. The highest BCUT2D eigenvalue weighted by Gasteiger charge is 2.23. The molecule has 1 unspecified atom stereocenters. The van der Waals surface area contributed by atoms with Gasteiger partial charge in [-0.1, -0.05) is 64.9 Å². The Kier molecular flexibility index (Phi) is 10.8. The second-order valence-corrected chi connectivity index (χ2v) is 5.00. The molecule has 106 valence electrons. The Balaban J connectivity index is 0.000000321. The van der Waals surface area contributed by atoms with Gasteiger partial charge in [0.05, 0.1) is 0 Å². The fraction of sp³-hybridized carbons (Fsp3) is 0.812. The number of carbonyl (C=O) groups is 1. The number of hydrogen-bond donors (Lipinski definition) is 0. The van der Waals surface area contributed by atoms with Crippen LogP contribution in [-0.4, -0.2) is 12.1 Å². The molecule has 0 aromatic rings. The van der Waals surface area contributed by atoms with E-state index >= 15 is 0 Å². The van der Waals surface area contributed by atoms with E-state index in [-0.39, 0.29) is 12.1 Å². The Bertz CT molecular complexity index is 237. The molecule has 0 aliphatic carbocycles. The molecule has 0 spiro atoms. The first-order chi connectivity index (χ1) is 8.65. The van der Waals surface area contributed by atoms with Crippen LogP contribution in [0.3, 0.4) is 0 Å². The standard InChI is InChI=1S/C9H20.C7H10O2/c1-3-5-7-9-8-6-4-2;1-3-6-4-5(2)9-7(6)8/h3-9H2,1-2H3;3,5H,4H2,1-2H3/b;6-3-. The average molecular weight is 254 g/mol. The summed E-state index contributed by atoms with van der Waals surface area (Å²) in [6.07, 6.45) is 12.6. The summed E-state index contributed by atoms with van der Waals surface area (Å²) in [7, 11) is 0. The van der Waals surface area contributed by atoms with Crippen LogP contribution in [0, 0.1) is 0 Å². The monoisotopic (exact) mass is 254 g/mol. The lowest BCUT2D eigenvalue weighted by atomic mass is 10.1. The van der Waals surface area contributed by atoms with E-state index in [2.05, 4.69) is 13.8 Å². The summed E-state index contributed by atoms with van der Waals surface area (Å²) in [6, 6.07) is 0. The van der Waals surface area contributed by atoms with Crippen LogP contribution in [-0.2, 0) is 9.53 Å². The van der Waals surface area contributed by atoms with Crippen molar-refractivity contribution in [3.8, 4) is 0 Å². The lowest BCUT2D eigenvalue weighted by Gasteiger charge is -1.96. The summed E-state index contributed by atoms with van der Waals surface area (Å²) >= 11 is 0. The third-order valence-electron chi connectivity index (χ3n) is 3.13. The molecule has 1 rings (SSSR count). The van der Waals surface area contributed by atoms with E-state index < -0.39 is 0 Å². The minimum atomic E-state index is -0.148. The molecule has 1 fully saturated rings. The van der Waals surface area contributed by atoms with Crippen LogP contribution in [0.2, 0.25) is 0 Å². The predicted octanol–water partition coefficient (Wildman–Crippen LogP) is 5.03. The van der Waals surface area contributed by atoms with Crippen molar-refractivity contribution in [3.05, 3.63) is 11.6 Å². The van der Waals surface area contributed by atoms with Crippen molar-refractivity contribution >= 4 is 5.97 Å². The number of ether oxygens (including phenoxy) is 1. The van der Waals surface area contributed by atoms with E-state index in [4.69, 9.17) is 4.74 Å². The normalized spacial score (nSPS) is 20.6. The number of unbranched alkanes of at least 4 members (excludes halogenated alkanes) is 6. The molecule has 0 radical (unpaired) electrons. The minimum Gasteiger partial charge on any atom is -0.459 e. The van der Waals surface area contributed by atoms with Gasteiger partial charge in [0.15, 0.2) is 0 Å². The van der Waals surface area contributed by atoms with E-state index in [9.17, 15) is 4.79 Å². The van der Waals surface area contributed by atoms with Crippen LogP contribution >= 0.6 is 0 Å². The number of cyclic esters (lactones) is 1. The van der Waals surface area contributed by atoms with Gasteiger partial charge in [0.2, 0.25) is 0 Å². The SMILES string of the molecule is C/C=C1/CC(C)OC1=O.CCCCCCCCC. The zero-order valence-electron chi connectivity index (χ0n) is 12.6. The van der Waals surface area contributed by atoms with Gasteiger partial charge in [-0.05, 0) is 13.8 Å². The lowest BCUT2D eigenvalue weighted by molar-refractivity contribution is -0.138. The first kappa shape index (κ1) is 17.2. The highest BCUT2D eigenvalue weighted by atomic mass is 16.5. The third kappa shape index (κ3) is 8.32. The molecule has 1 aliphatic heterocycles. The maximum absolute atomic E-state index is 10.7. The zero-order valence-corrected chi connectivity index (χ0v) is 12.6. The Morgan fingerprint density at radius 2 is 1.61 bits per heavy atom. The third-order valence-corrected chi connectivity index (χ3v) is 3.13. The van der Waals surface area contributed by atoms with Crippen molar-refractivity contribution in [1.29, 1.82) is 0 Å². The summed E-state index contributed by atoms with van der Waals surface area (Å²) in [5.41, 5.74) is 0.808. The van der Waals surface area contributed by atoms with Gasteiger partial charge >= 0.3 is 5.97 Å². The van der Waals surface area contributed by atoms with E-state index in [0.717, 1.165) is 12.0 Å². The second-order valence-electron chi connectivity index (χ2n) is 5.00. The molecule has 1 heterocycles. The molecule has 0 bridgehead atoms. The fourth-order valence-corrected chi connectivity index (χ4v) is 1.96. The second kappa shape index (κ2) is 11.3. The number of carbonyl (C=O) groups excluding carboxylic acids is 1. The molecule has 1 aliphatic rings. The maximum Gasteiger partial charge on any atom is 0.334 e. The molecule has 1 saturated heterocycles. The average Bonchev–Trinajstić information content (AvgIpc) is 2.68. The summed E-state index contributed by atoms with van der Waals surface area (Å²) in [4.78, 5) is 10.7. The number of rotatable bonds is 6. The summed E-state index contributed by atoms with van der Waals surface area (Å²) in [5.74, 6) is -0.148. The molecule has 1 atom stereocenters. The van der Waals surface area contributed by atoms with Crippen LogP contribution < -0.4 is 0 Å². The molecule has 18 heavy (non-hydrogen) atoms. The van der Waals surface area contributed by atoms with Gasteiger partial charge in [-0.3, -0.25) is 0 Å². The van der Waals surface area contributed by atoms with Gasteiger partial charge in [-0.15, -0.1) is 0 Å². The van der Waals surface area contributed by atoms with E-state index in [1.807, 2.05) is 19.9 Å². The molecule has 0 N–H and O–H groups in total. The summed E-state index contributed by atoms with van der Waals surface area (Å²) in [5, 5.41) is 0. The smallest absolute Gasteiger partial charge is 0.334 e. The largest absolute Gasteiger partial charge is 0.459 e. The lowest BCUT2D eigenvalue weighted by Crippen LogP contribution is -1.99. The van der Waals surface area contributed by atoms with Gasteiger partial charge in [0.1, 0.15) is 6.10 Å². The van der Waals surface area contributed by atoms with Crippen molar-refractivity contribution in [2.24, 2.45) is 0 Å². The first-order valence-corrected chi connectivity index (χ1v) is 7.51. The van der Waals surface area contributed by atoms with Crippen LogP contribution in [0.4, 0.5) is 0 Å². The summed E-state index contributed by atoms with van der Waals surface area (Å²) < 4.78 is 4.86. The van der Waals surface area contributed by atoms with Gasteiger partial charge in [-0.25, -0.2) is 4.79 Å². The summed E-state index contributed by atoms with van der Waals surface area (Å²) in [6.45, 7) is 8.28. The number of esters is 1. The van der Waals surface area contributed by atoms with Crippen LogP contribution in [0.5, 0.6) is 0 Å². The molecular weight excluding hydrogens is 224 g/mol. The van der Waals surface area contributed by atoms with Crippen LogP contribution in [0.25, 0.3) is 0 Å². The molecule has 0 aromatic heterocycles. The van der Waals surface area contributed by atoms with Gasteiger partial charge in [-0.2, -0.15) is 0 Å². The quantitative estimate of drug-likeness (QED) is 0.378. The first-order valence-electron chi connectivity index (χ1n) is 7.51. The van der Waals surface area contributed by atoms with Crippen molar-refractivity contribution < 1.29 is 9.53 Å². The highest BCUT2D eigenvalue weighted by Crippen LogP contribution is 2.18. The zero-order chi connectivity index (χ0) is 13.8. The Labute approximate surface area is 113 Å². The van der Waals surface area contributed by atoms with Crippen LogP contribution in [0.15, 0.2) is 11.6 Å². The van der Waals surface area contributed by atoms with Gasteiger partial charge < -0.3 is 4.74 Å². The predicted molar refractivity (Wildman–Crippen MR) is 77.6 cm³/mol. The van der Waals surface area contributed by atoms with E-state index in [0.29, 0.717) is 0 Å². The topological polar surface area (TPSA) is 26.3 Å². The van der Waals surface area contributed by atoms with Crippen LogP contribution in [0.1, 0.15) is 79.1 Å². The number of hydrogen-bond acceptors (Lipinski definition) is 2. The number of allylic oxidation sites excluding steroid dienone is 1. The van der Waals surface area contributed by atoms with Crippen molar-refractivity contribution in [2.75, 3.05) is 0 Å². The van der Waals surface area contributed by atoms with Crippen molar-refractivity contribution in [3.63, 3.8) is 0 Å². The van der Waals surface area contributed by atoms with Crippen molar-refractivity contribution in [2.45, 2.75) is 85.2 Å². The van der Waals surface area contributed by atoms with Gasteiger partial charge in [0.25, 0.3) is 0 Å². The Hall–Kier alpha value is -0.790. The Morgan fingerprint density at radius 1 is 1.11 bits per heavy atom. The molecule has 0 saturated carbocycles. The van der Waals surface area contributed by atoms with E-state index in [1.54, 1.807) is 0 Å².